The van der Waals surface area contributed by atoms with Crippen LogP contribution in [0.4, 0.5) is 0 Å². The molecule has 2 N–H and O–H groups in total. The van der Waals surface area contributed by atoms with E-state index in [9.17, 15) is 4.79 Å². The Bertz CT molecular complexity index is 782. The molecule has 2 saturated heterocycles. The van der Waals surface area contributed by atoms with Crippen molar-refractivity contribution in [1.29, 1.82) is 0 Å². The minimum absolute atomic E-state index is 0.168. The highest BCUT2D eigenvalue weighted by Crippen LogP contribution is 2.28. The van der Waals surface area contributed by atoms with Crippen molar-refractivity contribution in [2.75, 3.05) is 60.1 Å². The van der Waals surface area contributed by atoms with E-state index in [0.29, 0.717) is 16.7 Å². The van der Waals surface area contributed by atoms with Crippen LogP contribution >= 0.6 is 0 Å². The van der Waals surface area contributed by atoms with Gasteiger partial charge in [-0.3, -0.25) is 18.8 Å². The number of Topliss-reactive ketones (excluding diaryl/α,β-unsaturated/α-hetero) is 1. The van der Waals surface area contributed by atoms with E-state index >= 15 is 0 Å². The highest BCUT2D eigenvalue weighted by Gasteiger charge is 2.46. The van der Waals surface area contributed by atoms with Crippen LogP contribution in [0.3, 0.4) is 0 Å². The van der Waals surface area contributed by atoms with Crippen LogP contribution in [0.1, 0.15) is 17.3 Å². The fraction of sp³-hybridized carbons (Fsp3) is 0.632. The lowest BCUT2D eigenvalue weighted by atomic mass is 9.92. The minimum Gasteiger partial charge on any atom is -0.395 e. The second kappa shape index (κ2) is 8.73. The van der Waals surface area contributed by atoms with Crippen molar-refractivity contribution < 1.29 is 29.0 Å². The predicted octanol–water partition coefficient (Wildman–Crippen LogP) is 0.913. The lowest BCUT2D eigenvalue weighted by molar-refractivity contribution is -0.168. The molecule has 1 atom stereocenters. The van der Waals surface area contributed by atoms with Gasteiger partial charge in [0.2, 0.25) is 11.2 Å². The van der Waals surface area contributed by atoms with Crippen LogP contribution in [0, 0.1) is 0 Å². The molecule has 2 aromatic rings. The molecule has 1 aromatic carbocycles. The molecule has 156 valence electrons. The summed E-state index contributed by atoms with van der Waals surface area (Å²) in [6, 6.07) is 4.32. The molecule has 0 bridgehead atoms. The van der Waals surface area contributed by atoms with Crippen molar-refractivity contribution in [3.05, 3.63) is 23.8 Å². The van der Waals surface area contributed by atoms with E-state index in [2.05, 4.69) is 26.0 Å². The number of aliphatic hydroxyl groups is 1. The number of ether oxygens (including phenoxy) is 1. The van der Waals surface area contributed by atoms with Crippen molar-refractivity contribution in [1.82, 2.24) is 14.9 Å². The van der Waals surface area contributed by atoms with E-state index in [-0.39, 0.29) is 17.9 Å². The molecular formula is C19H29N3O6. The summed E-state index contributed by atoms with van der Waals surface area (Å²) in [7, 11) is 3.58. The van der Waals surface area contributed by atoms with Crippen LogP contribution in [0.5, 0.6) is 0 Å². The number of likely N-dealkylation sites (N-methyl/N-ethyl adjacent to an activating group) is 2. The monoisotopic (exact) mass is 395 g/mol. The maximum absolute atomic E-state index is 11.8. The SMILES string of the molecule is CN1CCN(CCO)C2(COC2)C1.C[C@H](C(=O)c1ccc2ooc2c1)N(C)O. The Morgan fingerprint density at radius 3 is 2.50 bits per heavy atom. The molecule has 0 amide bonds. The molecule has 1 aromatic heterocycles. The molecule has 4 rings (SSSR count). The zero-order chi connectivity index (χ0) is 20.3. The first kappa shape index (κ1) is 21.0. The number of rotatable bonds is 5. The van der Waals surface area contributed by atoms with E-state index in [1.165, 1.54) is 7.05 Å². The van der Waals surface area contributed by atoms with E-state index in [1.54, 1.807) is 25.1 Å². The summed E-state index contributed by atoms with van der Waals surface area (Å²) >= 11 is 0. The summed E-state index contributed by atoms with van der Waals surface area (Å²) in [5, 5.41) is 19.0. The fourth-order valence-electron chi connectivity index (χ4n) is 3.55. The first-order chi connectivity index (χ1) is 13.4. The Morgan fingerprint density at radius 1 is 1.29 bits per heavy atom. The van der Waals surface area contributed by atoms with Gasteiger partial charge in [0.25, 0.3) is 0 Å². The Hall–Kier alpha value is -1.75. The second-order valence-electron chi connectivity index (χ2n) is 7.61. The van der Waals surface area contributed by atoms with Crippen LogP contribution in [-0.4, -0.2) is 103 Å². The van der Waals surface area contributed by atoms with Crippen molar-refractivity contribution in [2.24, 2.45) is 0 Å². The number of fused-ring (bicyclic) bond motifs is 1. The molecule has 0 aliphatic carbocycles. The Morgan fingerprint density at radius 2 is 2.00 bits per heavy atom. The van der Waals surface area contributed by atoms with Crippen LogP contribution in [0.15, 0.2) is 27.4 Å². The number of carbonyl (C=O) groups excluding carboxylic acids is 1. The summed E-state index contributed by atoms with van der Waals surface area (Å²) in [5.74, 6) is -0.168. The van der Waals surface area contributed by atoms with E-state index < -0.39 is 6.04 Å². The normalized spacial score (nSPS) is 20.8. The van der Waals surface area contributed by atoms with Gasteiger partial charge >= 0.3 is 0 Å². The third-order valence-corrected chi connectivity index (χ3v) is 5.49. The third kappa shape index (κ3) is 4.29. The quantitative estimate of drug-likeness (QED) is 0.434. The largest absolute Gasteiger partial charge is 0.395 e. The molecule has 9 nitrogen and oxygen atoms in total. The maximum Gasteiger partial charge on any atom is 0.226 e. The number of β-amino-alcohol motifs (C(OH)–C–C–N with tert-alkyl or cyclic N) is 1. The molecule has 9 heteroatoms. The number of aliphatic hydroxyl groups excluding tert-OH is 1. The van der Waals surface area contributed by atoms with Gasteiger partial charge in [0.1, 0.15) is 0 Å². The Kier molecular flexibility index (Phi) is 6.54. The number of carbonyl (C=O) groups is 1. The van der Waals surface area contributed by atoms with Crippen molar-refractivity contribution in [2.45, 2.75) is 18.5 Å². The van der Waals surface area contributed by atoms with Crippen molar-refractivity contribution in [3.8, 4) is 0 Å². The molecule has 1 spiro atoms. The molecular weight excluding hydrogens is 366 g/mol. The number of nitrogens with zero attached hydrogens (tertiary/aromatic N) is 3. The van der Waals surface area contributed by atoms with Crippen LogP contribution in [0.2, 0.25) is 0 Å². The molecule has 2 aliphatic rings. The zero-order valence-electron chi connectivity index (χ0n) is 16.6. The van der Waals surface area contributed by atoms with E-state index in [0.717, 1.165) is 44.5 Å². The number of ketones is 1. The summed E-state index contributed by atoms with van der Waals surface area (Å²) in [6.07, 6.45) is 0. The molecule has 28 heavy (non-hydrogen) atoms. The van der Waals surface area contributed by atoms with Crippen molar-refractivity contribution in [3.63, 3.8) is 0 Å². The van der Waals surface area contributed by atoms with Crippen molar-refractivity contribution >= 4 is 16.9 Å². The van der Waals surface area contributed by atoms with Gasteiger partial charge in [0.15, 0.2) is 5.78 Å². The summed E-state index contributed by atoms with van der Waals surface area (Å²) in [6.45, 7) is 7.56. The highest BCUT2D eigenvalue weighted by atomic mass is 17.0. The highest BCUT2D eigenvalue weighted by molar-refractivity contribution is 6.01. The number of hydrogen-bond donors (Lipinski definition) is 2. The number of piperazine rings is 1. The van der Waals surface area contributed by atoms with Gasteiger partial charge in [-0.15, -0.1) is 0 Å². The summed E-state index contributed by atoms with van der Waals surface area (Å²) in [5.41, 5.74) is 1.88. The van der Waals surface area contributed by atoms with Gasteiger partial charge in [0, 0.05) is 44.9 Å². The fourth-order valence-corrected chi connectivity index (χ4v) is 3.55. The molecule has 3 heterocycles. The van der Waals surface area contributed by atoms with E-state index in [1.807, 2.05) is 0 Å². The first-order valence-electron chi connectivity index (χ1n) is 9.43. The average Bonchev–Trinajstić information content (AvgIpc) is 2.62. The number of hydrogen-bond acceptors (Lipinski definition) is 9. The maximum atomic E-state index is 11.8. The van der Waals surface area contributed by atoms with Crippen LogP contribution in [0.25, 0.3) is 11.2 Å². The first-order valence-corrected chi connectivity index (χ1v) is 9.43. The minimum atomic E-state index is -0.580. The van der Waals surface area contributed by atoms with Gasteiger partial charge < -0.3 is 20.0 Å². The molecule has 2 fully saturated rings. The molecule has 0 unspecified atom stereocenters. The zero-order valence-corrected chi connectivity index (χ0v) is 16.6. The average molecular weight is 395 g/mol. The lowest BCUT2D eigenvalue weighted by Gasteiger charge is -2.54. The van der Waals surface area contributed by atoms with Gasteiger partial charge in [0.05, 0.1) is 31.4 Å². The van der Waals surface area contributed by atoms with Crippen LogP contribution in [-0.2, 0) is 4.74 Å². The third-order valence-electron chi connectivity index (χ3n) is 5.49. The predicted molar refractivity (Wildman–Crippen MR) is 102 cm³/mol. The van der Waals surface area contributed by atoms with Gasteiger partial charge in [-0.25, -0.2) is 0 Å². The van der Waals surface area contributed by atoms with E-state index in [4.69, 9.17) is 15.1 Å². The standard InChI is InChI=1S/C10H11NO4.C9H18N2O2/c1-6(11(2)13)10(12)7-3-4-8-9(5-7)15-14-8;1-10-2-3-11(4-5-12)9(6-10)7-13-8-9/h3-6,13H,1-2H3;12H,2-8H2,1H3/t6-;/m1./s1. The topological polar surface area (TPSA) is 103 Å². The van der Waals surface area contributed by atoms with Gasteiger partial charge in [-0.2, -0.15) is 5.06 Å². The second-order valence-corrected chi connectivity index (χ2v) is 7.61. The summed E-state index contributed by atoms with van der Waals surface area (Å²) in [4.78, 5) is 16.5. The smallest absolute Gasteiger partial charge is 0.226 e. The van der Waals surface area contributed by atoms with Gasteiger partial charge in [-0.1, -0.05) is 0 Å². The Labute approximate surface area is 163 Å². The molecule has 0 saturated carbocycles. The molecule has 2 aliphatic heterocycles. The Balaban J connectivity index is 0.000000162. The number of hydroxylamine groups is 2. The summed E-state index contributed by atoms with van der Waals surface area (Å²) < 4.78 is 14.6. The molecule has 0 radical (unpaired) electrons. The lowest BCUT2D eigenvalue weighted by Crippen LogP contribution is -2.71. The number of benzene rings is 1. The van der Waals surface area contributed by atoms with Gasteiger partial charge in [-0.05, 0) is 26.1 Å². The van der Waals surface area contributed by atoms with Crippen LogP contribution < -0.4 is 0 Å².